The molecule has 1 aromatic rings. The highest BCUT2D eigenvalue weighted by molar-refractivity contribution is 5.34. The van der Waals surface area contributed by atoms with Gasteiger partial charge in [-0.05, 0) is 26.3 Å². The molecule has 0 amide bonds. The number of nitrogens with one attached hydrogen (secondary N) is 2. The summed E-state index contributed by atoms with van der Waals surface area (Å²) in [5.41, 5.74) is 2.26. The van der Waals surface area contributed by atoms with Gasteiger partial charge in [0.25, 0.3) is 5.69 Å². The summed E-state index contributed by atoms with van der Waals surface area (Å²) in [6, 6.07) is 7.29. The molecule has 1 aromatic carbocycles. The topological polar surface area (TPSA) is 52.0 Å². The van der Waals surface area contributed by atoms with Crippen molar-refractivity contribution in [1.82, 2.24) is 0 Å². The highest BCUT2D eigenvalue weighted by Crippen LogP contribution is 2.39. The van der Waals surface area contributed by atoms with Crippen LogP contribution < -0.4 is 9.80 Å². The van der Waals surface area contributed by atoms with E-state index in [2.05, 4.69) is 19.9 Å². The summed E-state index contributed by atoms with van der Waals surface area (Å²) in [6.07, 6.45) is 1.72. The Morgan fingerprint density at radius 3 is 2.24 bits per heavy atom. The predicted octanol–water partition coefficient (Wildman–Crippen LogP) is -0.193. The van der Waals surface area contributed by atoms with E-state index in [9.17, 15) is 10.1 Å². The molecule has 5 rings (SSSR count). The smallest absolute Gasteiger partial charge is 0.270 e. The molecule has 0 spiro atoms. The lowest BCUT2D eigenvalue weighted by Gasteiger charge is -2.60. The quantitative estimate of drug-likeness (QED) is 0.585. The first-order valence-electron chi connectivity index (χ1n) is 7.81. The normalized spacial score (nSPS) is 44.0. The molecule has 4 aliphatic heterocycles. The fourth-order valence-corrected chi connectivity index (χ4v) is 5.71. The maximum atomic E-state index is 11.0. The second-order valence-electron chi connectivity index (χ2n) is 8.11. The van der Waals surface area contributed by atoms with Gasteiger partial charge >= 0.3 is 0 Å². The van der Waals surface area contributed by atoms with E-state index < -0.39 is 0 Å². The monoisotopic (exact) mass is 289 g/mol. The van der Waals surface area contributed by atoms with Crippen molar-refractivity contribution in [3.05, 3.63) is 39.9 Å². The number of hydrogen-bond acceptors (Lipinski definition) is 2. The number of hydrogen-bond donors (Lipinski definition) is 2. The van der Waals surface area contributed by atoms with Crippen molar-refractivity contribution in [2.45, 2.75) is 26.4 Å². The molecule has 4 heterocycles. The molecule has 0 saturated carbocycles. The maximum Gasteiger partial charge on any atom is 0.270 e. The van der Waals surface area contributed by atoms with Gasteiger partial charge in [-0.2, -0.15) is 0 Å². The van der Waals surface area contributed by atoms with E-state index in [1.165, 1.54) is 32.6 Å². The van der Waals surface area contributed by atoms with E-state index in [1.807, 2.05) is 6.07 Å². The Hall–Kier alpha value is -1.46. The SMILES string of the molecule is CC12C[NH+]3CC(C)(C[NH+](C1)C3c1cccc([N+](=O)[O-])c1)C2. The third kappa shape index (κ3) is 1.99. The van der Waals surface area contributed by atoms with Crippen LogP contribution in [0.15, 0.2) is 24.3 Å². The lowest BCUT2D eigenvalue weighted by molar-refractivity contribution is -1.18. The molecule has 4 aliphatic rings. The van der Waals surface area contributed by atoms with Crippen LogP contribution in [0.3, 0.4) is 0 Å². The fraction of sp³-hybridized carbons (Fsp3) is 0.625. The van der Waals surface area contributed by atoms with Crippen molar-refractivity contribution in [2.24, 2.45) is 10.8 Å². The third-order valence-corrected chi connectivity index (χ3v) is 5.70. The lowest BCUT2D eigenvalue weighted by Crippen LogP contribution is -3.40. The minimum Gasteiger partial charge on any atom is -0.281 e. The Morgan fingerprint density at radius 1 is 1.14 bits per heavy atom. The minimum atomic E-state index is -0.280. The highest BCUT2D eigenvalue weighted by Gasteiger charge is 2.62. The summed E-state index contributed by atoms with van der Waals surface area (Å²) in [5.74, 6) is 0. The van der Waals surface area contributed by atoms with Crippen LogP contribution in [0.4, 0.5) is 5.69 Å². The molecule has 5 nitrogen and oxygen atoms in total. The Balaban J connectivity index is 1.71. The van der Waals surface area contributed by atoms with Gasteiger partial charge in [-0.1, -0.05) is 6.07 Å². The molecule has 4 fully saturated rings. The third-order valence-electron chi connectivity index (χ3n) is 5.70. The first kappa shape index (κ1) is 13.2. The van der Waals surface area contributed by atoms with Crippen LogP contribution in [0.2, 0.25) is 0 Å². The summed E-state index contributed by atoms with van der Waals surface area (Å²) in [6.45, 7) is 9.68. The molecule has 112 valence electrons. The minimum absolute atomic E-state index is 0.222. The van der Waals surface area contributed by atoms with Gasteiger partial charge in [-0.15, -0.1) is 0 Å². The Labute approximate surface area is 124 Å². The van der Waals surface area contributed by atoms with E-state index in [0.29, 0.717) is 17.0 Å². The van der Waals surface area contributed by atoms with Gasteiger partial charge in [0.1, 0.15) is 0 Å². The van der Waals surface area contributed by atoms with Gasteiger partial charge in [-0.25, -0.2) is 0 Å². The van der Waals surface area contributed by atoms with Crippen molar-refractivity contribution < 1.29 is 14.7 Å². The van der Waals surface area contributed by atoms with Crippen LogP contribution in [0.1, 0.15) is 32.0 Å². The average Bonchev–Trinajstić information content (AvgIpc) is 2.35. The van der Waals surface area contributed by atoms with Crippen molar-refractivity contribution >= 4 is 5.69 Å². The van der Waals surface area contributed by atoms with Crippen molar-refractivity contribution in [1.29, 1.82) is 0 Å². The van der Waals surface area contributed by atoms with Gasteiger partial charge < -0.3 is 0 Å². The Morgan fingerprint density at radius 2 is 1.71 bits per heavy atom. The van der Waals surface area contributed by atoms with E-state index in [-0.39, 0.29) is 10.6 Å². The van der Waals surface area contributed by atoms with Crippen LogP contribution in [0, 0.1) is 20.9 Å². The molecular formula is C16H23N3O2+2. The first-order valence-corrected chi connectivity index (χ1v) is 7.81. The molecule has 4 saturated heterocycles. The predicted molar refractivity (Wildman–Crippen MR) is 78.1 cm³/mol. The zero-order valence-electron chi connectivity index (χ0n) is 12.7. The summed E-state index contributed by atoms with van der Waals surface area (Å²) in [4.78, 5) is 14.0. The summed E-state index contributed by atoms with van der Waals surface area (Å²) < 4.78 is 0. The highest BCUT2D eigenvalue weighted by atomic mass is 16.6. The maximum absolute atomic E-state index is 11.0. The van der Waals surface area contributed by atoms with E-state index in [4.69, 9.17) is 0 Å². The van der Waals surface area contributed by atoms with Crippen LogP contribution in [-0.2, 0) is 0 Å². The van der Waals surface area contributed by atoms with Crippen molar-refractivity contribution in [3.63, 3.8) is 0 Å². The first-order chi connectivity index (χ1) is 9.88. The van der Waals surface area contributed by atoms with Gasteiger partial charge in [0.05, 0.1) is 47.5 Å². The second kappa shape index (κ2) is 4.05. The largest absolute Gasteiger partial charge is 0.281 e. The number of benzene rings is 1. The van der Waals surface area contributed by atoms with Crippen LogP contribution >= 0.6 is 0 Å². The second-order valence-corrected chi connectivity index (χ2v) is 8.11. The van der Waals surface area contributed by atoms with Gasteiger partial charge in [0.2, 0.25) is 6.17 Å². The molecule has 5 heteroatoms. The van der Waals surface area contributed by atoms with E-state index in [1.54, 1.807) is 21.9 Å². The number of non-ortho nitro benzene ring substituents is 1. The molecule has 21 heavy (non-hydrogen) atoms. The molecule has 0 atom stereocenters. The Kier molecular flexibility index (Phi) is 2.55. The molecule has 0 aliphatic carbocycles. The number of nitrogens with zero attached hydrogens (tertiary/aromatic N) is 1. The Bertz CT molecular complexity index is 579. The standard InChI is InChI=1S/C16H21N3O2/c1-15-7-16(2)10-17(8-15)14(18(9-15)11-16)12-4-3-5-13(6-12)19(20)21/h3-6,14H,7-11H2,1-2H3/p+2. The molecule has 0 unspecified atom stereocenters. The van der Waals surface area contributed by atoms with Crippen molar-refractivity contribution in [2.75, 3.05) is 26.2 Å². The molecule has 0 radical (unpaired) electrons. The number of nitro groups is 1. The lowest BCUT2D eigenvalue weighted by atomic mass is 9.63. The summed E-state index contributed by atoms with van der Waals surface area (Å²) >= 11 is 0. The molecule has 2 N–H and O–H groups in total. The summed E-state index contributed by atoms with van der Waals surface area (Å²) in [7, 11) is 0. The molecular weight excluding hydrogens is 266 g/mol. The molecule has 4 bridgehead atoms. The number of piperidine rings is 2. The van der Waals surface area contributed by atoms with Gasteiger partial charge in [-0.3, -0.25) is 19.9 Å². The molecule has 0 aromatic heterocycles. The zero-order chi connectivity index (χ0) is 14.8. The number of rotatable bonds is 2. The number of quaternary nitrogens is 2. The van der Waals surface area contributed by atoms with E-state index in [0.717, 1.165) is 5.56 Å². The van der Waals surface area contributed by atoms with Gasteiger partial charge in [0.15, 0.2) is 0 Å². The zero-order valence-corrected chi connectivity index (χ0v) is 12.7. The van der Waals surface area contributed by atoms with Gasteiger partial charge in [0, 0.05) is 12.1 Å². The van der Waals surface area contributed by atoms with Crippen molar-refractivity contribution in [3.8, 4) is 0 Å². The van der Waals surface area contributed by atoms with Crippen LogP contribution in [0.25, 0.3) is 0 Å². The van der Waals surface area contributed by atoms with E-state index >= 15 is 0 Å². The fourth-order valence-electron chi connectivity index (χ4n) is 5.71. The number of nitro benzene ring substituents is 1. The average molecular weight is 289 g/mol. The van der Waals surface area contributed by atoms with Crippen LogP contribution in [0.5, 0.6) is 0 Å². The van der Waals surface area contributed by atoms with Crippen LogP contribution in [-0.4, -0.2) is 31.1 Å². The summed E-state index contributed by atoms with van der Waals surface area (Å²) in [5, 5.41) is 11.0.